The quantitative estimate of drug-likeness (QED) is 0.877. The summed E-state index contributed by atoms with van der Waals surface area (Å²) in [6, 6.07) is 2.29. The van der Waals surface area contributed by atoms with E-state index < -0.39 is 0 Å². The summed E-state index contributed by atoms with van der Waals surface area (Å²) in [7, 11) is 1.57. The number of piperidine rings is 1. The number of nitrogens with one attached hydrogen (secondary N) is 1. The van der Waals surface area contributed by atoms with Crippen molar-refractivity contribution >= 4 is 11.7 Å². The van der Waals surface area contributed by atoms with E-state index in [-0.39, 0.29) is 5.91 Å². The van der Waals surface area contributed by atoms with E-state index in [1.807, 2.05) is 13.0 Å². The number of anilines is 1. The van der Waals surface area contributed by atoms with Gasteiger partial charge in [-0.05, 0) is 31.7 Å². The second-order valence-corrected chi connectivity index (χ2v) is 4.99. The van der Waals surface area contributed by atoms with Crippen LogP contribution < -0.4 is 15.0 Å². The molecule has 1 aliphatic heterocycles. The minimum atomic E-state index is 0.162. The van der Waals surface area contributed by atoms with E-state index >= 15 is 0 Å². The van der Waals surface area contributed by atoms with E-state index in [1.165, 1.54) is 0 Å². The molecule has 1 fully saturated rings. The van der Waals surface area contributed by atoms with Gasteiger partial charge in [0.05, 0.1) is 7.11 Å². The molecule has 1 amide bonds. The fourth-order valence-electron chi connectivity index (χ4n) is 2.50. The summed E-state index contributed by atoms with van der Waals surface area (Å²) in [5.74, 6) is 1.53. The summed E-state index contributed by atoms with van der Waals surface area (Å²) >= 11 is 0. The lowest BCUT2D eigenvalue weighted by molar-refractivity contribution is -0.122. The van der Waals surface area contributed by atoms with Gasteiger partial charge in [0.15, 0.2) is 0 Å². The van der Waals surface area contributed by atoms with Gasteiger partial charge in [-0.3, -0.25) is 4.79 Å². The largest absolute Gasteiger partial charge is 0.467 e. The van der Waals surface area contributed by atoms with Gasteiger partial charge in [-0.15, -0.1) is 0 Å². The smallest absolute Gasteiger partial charge is 0.318 e. The molecule has 0 aliphatic carbocycles. The monoisotopic (exact) mass is 278 g/mol. The zero-order chi connectivity index (χ0) is 14.4. The third kappa shape index (κ3) is 3.82. The molecular formula is C14H22N4O2. The number of aromatic nitrogens is 2. The summed E-state index contributed by atoms with van der Waals surface area (Å²) in [6.45, 7) is 4.50. The van der Waals surface area contributed by atoms with Crippen LogP contribution in [0.25, 0.3) is 0 Å². The first kappa shape index (κ1) is 14.6. The van der Waals surface area contributed by atoms with Crippen molar-refractivity contribution in [2.24, 2.45) is 5.92 Å². The van der Waals surface area contributed by atoms with Crippen LogP contribution in [-0.4, -0.2) is 42.6 Å². The van der Waals surface area contributed by atoms with Gasteiger partial charge in [0.25, 0.3) is 0 Å². The van der Waals surface area contributed by atoms with Gasteiger partial charge in [0.2, 0.25) is 5.91 Å². The van der Waals surface area contributed by atoms with Gasteiger partial charge in [-0.2, -0.15) is 4.98 Å². The van der Waals surface area contributed by atoms with Gasteiger partial charge >= 0.3 is 6.01 Å². The highest BCUT2D eigenvalue weighted by atomic mass is 16.5. The number of hydrogen-bond acceptors (Lipinski definition) is 5. The Hall–Kier alpha value is -1.85. The van der Waals surface area contributed by atoms with Crippen LogP contribution in [0.15, 0.2) is 12.3 Å². The fourth-order valence-corrected chi connectivity index (χ4v) is 2.50. The Morgan fingerprint density at radius 3 is 2.90 bits per heavy atom. The average Bonchev–Trinajstić information content (AvgIpc) is 2.48. The lowest BCUT2D eigenvalue weighted by atomic mass is 9.93. The molecule has 0 aromatic carbocycles. The molecule has 0 spiro atoms. The number of ether oxygens (including phenoxy) is 1. The van der Waals surface area contributed by atoms with Gasteiger partial charge < -0.3 is 15.0 Å². The lowest BCUT2D eigenvalue weighted by Gasteiger charge is -2.32. The average molecular weight is 278 g/mol. The van der Waals surface area contributed by atoms with Crippen LogP contribution in [0.2, 0.25) is 0 Å². The molecule has 1 aromatic rings. The van der Waals surface area contributed by atoms with E-state index in [0.29, 0.717) is 24.9 Å². The van der Waals surface area contributed by atoms with Crippen LogP contribution >= 0.6 is 0 Å². The van der Waals surface area contributed by atoms with Crippen molar-refractivity contribution in [1.82, 2.24) is 15.3 Å². The molecule has 0 unspecified atom stereocenters. The first-order valence-electron chi connectivity index (χ1n) is 7.11. The van der Waals surface area contributed by atoms with Crippen molar-refractivity contribution in [2.75, 3.05) is 31.6 Å². The number of rotatable bonds is 5. The topological polar surface area (TPSA) is 67.4 Å². The number of carbonyl (C=O) groups excluding carboxylic acids is 1. The molecule has 20 heavy (non-hydrogen) atoms. The minimum Gasteiger partial charge on any atom is -0.467 e. The molecule has 110 valence electrons. The van der Waals surface area contributed by atoms with Crippen LogP contribution in [-0.2, 0) is 4.79 Å². The van der Waals surface area contributed by atoms with Crippen molar-refractivity contribution in [3.05, 3.63) is 12.3 Å². The summed E-state index contributed by atoms with van der Waals surface area (Å²) in [6.07, 6.45) is 4.38. The highest BCUT2D eigenvalue weighted by Gasteiger charge is 2.22. The molecule has 0 bridgehead atoms. The van der Waals surface area contributed by atoms with E-state index in [1.54, 1.807) is 13.3 Å². The Balaban J connectivity index is 1.86. The molecule has 0 saturated carbocycles. The van der Waals surface area contributed by atoms with Gasteiger partial charge in [-0.1, -0.05) is 0 Å². The first-order valence-corrected chi connectivity index (χ1v) is 7.11. The Labute approximate surface area is 119 Å². The summed E-state index contributed by atoms with van der Waals surface area (Å²) in [5.41, 5.74) is 0. The van der Waals surface area contributed by atoms with Crippen LogP contribution in [0, 0.1) is 5.92 Å². The first-order chi connectivity index (χ1) is 9.72. The van der Waals surface area contributed by atoms with E-state index in [4.69, 9.17) is 4.74 Å². The van der Waals surface area contributed by atoms with Crippen LogP contribution in [0.4, 0.5) is 5.82 Å². The molecule has 1 aromatic heterocycles. The van der Waals surface area contributed by atoms with Gasteiger partial charge in [0, 0.05) is 32.3 Å². The number of nitrogens with zero attached hydrogens (tertiary/aromatic N) is 3. The number of methoxy groups -OCH3 is 1. The predicted molar refractivity (Wildman–Crippen MR) is 76.8 cm³/mol. The molecule has 1 aliphatic rings. The normalized spacial score (nSPS) is 16.0. The van der Waals surface area contributed by atoms with Crippen molar-refractivity contribution in [1.29, 1.82) is 0 Å². The van der Waals surface area contributed by atoms with Crippen LogP contribution in [0.1, 0.15) is 26.2 Å². The maximum Gasteiger partial charge on any atom is 0.318 e. The zero-order valence-corrected chi connectivity index (χ0v) is 12.1. The second-order valence-electron chi connectivity index (χ2n) is 4.99. The Morgan fingerprint density at radius 1 is 1.50 bits per heavy atom. The number of amides is 1. The molecule has 2 heterocycles. The summed E-state index contributed by atoms with van der Waals surface area (Å²) in [5, 5.41) is 2.86. The highest BCUT2D eigenvalue weighted by molar-refractivity contribution is 5.76. The lowest BCUT2D eigenvalue weighted by Crippen LogP contribution is -2.36. The van der Waals surface area contributed by atoms with E-state index in [9.17, 15) is 4.79 Å². The minimum absolute atomic E-state index is 0.162. The third-order valence-corrected chi connectivity index (χ3v) is 3.59. The maximum atomic E-state index is 11.6. The van der Waals surface area contributed by atoms with Crippen molar-refractivity contribution in [2.45, 2.75) is 26.2 Å². The second kappa shape index (κ2) is 7.07. The molecule has 6 heteroatoms. The third-order valence-electron chi connectivity index (χ3n) is 3.59. The molecule has 1 saturated heterocycles. The molecule has 1 N–H and O–H groups in total. The summed E-state index contributed by atoms with van der Waals surface area (Å²) in [4.78, 5) is 22.2. The summed E-state index contributed by atoms with van der Waals surface area (Å²) < 4.78 is 5.04. The van der Waals surface area contributed by atoms with Crippen molar-refractivity contribution in [3.63, 3.8) is 0 Å². The standard InChI is InChI=1S/C14H22N4O2/c1-3-15-13(19)10-11-5-8-18(9-6-11)12-4-7-16-14(17-12)20-2/h4,7,11H,3,5-6,8-10H2,1-2H3,(H,15,19). The van der Waals surface area contributed by atoms with Crippen LogP contribution in [0.3, 0.4) is 0 Å². The maximum absolute atomic E-state index is 11.6. The molecule has 2 rings (SSSR count). The van der Waals surface area contributed by atoms with Gasteiger partial charge in [-0.25, -0.2) is 4.98 Å². The molecule has 0 atom stereocenters. The molecular weight excluding hydrogens is 256 g/mol. The highest BCUT2D eigenvalue weighted by Crippen LogP contribution is 2.24. The Kier molecular flexibility index (Phi) is 5.15. The number of hydrogen-bond donors (Lipinski definition) is 1. The van der Waals surface area contributed by atoms with Crippen LogP contribution in [0.5, 0.6) is 6.01 Å². The van der Waals surface area contributed by atoms with E-state index in [2.05, 4.69) is 20.2 Å². The number of carbonyl (C=O) groups is 1. The Bertz CT molecular complexity index is 445. The molecule has 6 nitrogen and oxygen atoms in total. The SMILES string of the molecule is CCNC(=O)CC1CCN(c2ccnc(OC)n2)CC1. The van der Waals surface area contributed by atoms with Crippen molar-refractivity contribution < 1.29 is 9.53 Å². The Morgan fingerprint density at radius 2 is 2.25 bits per heavy atom. The fraction of sp³-hybridized carbons (Fsp3) is 0.643. The molecule has 0 radical (unpaired) electrons. The zero-order valence-electron chi connectivity index (χ0n) is 12.1. The predicted octanol–water partition coefficient (Wildman–Crippen LogP) is 1.23. The van der Waals surface area contributed by atoms with E-state index in [0.717, 1.165) is 31.7 Å². The van der Waals surface area contributed by atoms with Gasteiger partial charge in [0.1, 0.15) is 5.82 Å². The van der Waals surface area contributed by atoms with Crippen molar-refractivity contribution in [3.8, 4) is 6.01 Å².